The van der Waals surface area contributed by atoms with Crippen molar-refractivity contribution in [3.63, 3.8) is 0 Å². The van der Waals surface area contributed by atoms with Crippen LogP contribution in [0.25, 0.3) is 66.1 Å². The maximum atomic E-state index is 2.62. The van der Waals surface area contributed by atoms with Crippen LogP contribution < -0.4 is 9.80 Å². The van der Waals surface area contributed by atoms with E-state index in [0.717, 1.165) is 45.5 Å². The van der Waals surface area contributed by atoms with Gasteiger partial charge >= 0.3 is 0 Å². The second kappa shape index (κ2) is 17.1. The highest BCUT2D eigenvalue weighted by atomic mass is 15.2. The van der Waals surface area contributed by atoms with Gasteiger partial charge in [-0.25, -0.2) is 0 Å². The molecule has 3 aliphatic rings. The zero-order valence-electron chi connectivity index (χ0n) is 42.2. The van der Waals surface area contributed by atoms with Crippen molar-refractivity contribution < 1.29 is 0 Å². The molecular weight excluding hydrogens is 933 g/mol. The number of anilines is 5. The molecule has 2 atom stereocenters. The molecule has 16 rings (SSSR count). The fraction of sp³-hybridized carbons (Fsp3) is 0.0411. The monoisotopic (exact) mass is 982 g/mol. The Morgan fingerprint density at radius 1 is 0.325 bits per heavy atom. The van der Waals surface area contributed by atoms with Crippen LogP contribution in [0, 0.1) is 5.92 Å². The minimum absolute atomic E-state index is 0.0538. The first-order valence-electron chi connectivity index (χ1n) is 26.8. The molecule has 0 fully saturated rings. The van der Waals surface area contributed by atoms with Crippen LogP contribution in [0.1, 0.15) is 28.2 Å². The minimum Gasteiger partial charge on any atom is -0.311 e. The summed E-state index contributed by atoms with van der Waals surface area (Å²) in [5.41, 5.74) is 21.4. The van der Waals surface area contributed by atoms with Crippen LogP contribution in [0.15, 0.2) is 297 Å². The average Bonchev–Trinajstić information content (AvgIpc) is 4.41. The summed E-state index contributed by atoms with van der Waals surface area (Å²) in [4.78, 5) is 4.95. The summed E-state index contributed by atoms with van der Waals surface area (Å²) >= 11 is 0. The summed E-state index contributed by atoms with van der Waals surface area (Å²) in [6.45, 7) is 0. The summed E-state index contributed by atoms with van der Waals surface area (Å²) in [7, 11) is 0. The summed E-state index contributed by atoms with van der Waals surface area (Å²) in [6, 6.07) is 101. The minimum atomic E-state index is -0.496. The van der Waals surface area contributed by atoms with E-state index in [1.165, 1.54) is 77.0 Å². The standard InChI is InChI=1S/C73H50N4/c1-5-21-49(22-6-1)74(53-39-43-71-63(45-53)61-31-15-19-35-69(61)76(71)51-25-9-3-10-26-51)55-37-41-59-60-42-38-56(48-68(60)73(67(59)47-55)65-33-17-13-29-57(65)58-30-14-18-34-66(58)73)75(50-23-7-2-8-24-50)54-40-44-72-64(46-54)62-32-16-20-36-70(62)77(72)52-27-11-4-12-28-52/h1-48,59,67H. The molecule has 4 heteroatoms. The highest BCUT2D eigenvalue weighted by Crippen LogP contribution is 2.66. The molecule has 0 saturated heterocycles. The van der Waals surface area contributed by atoms with E-state index in [2.05, 4.69) is 310 Å². The van der Waals surface area contributed by atoms with E-state index in [1.54, 1.807) is 0 Å². The van der Waals surface area contributed by atoms with Crippen LogP contribution in [0.2, 0.25) is 0 Å². The predicted molar refractivity (Wildman–Crippen MR) is 320 cm³/mol. The maximum Gasteiger partial charge on any atom is 0.0542 e. The van der Waals surface area contributed by atoms with E-state index in [4.69, 9.17) is 0 Å². The van der Waals surface area contributed by atoms with E-state index in [0.29, 0.717) is 0 Å². The summed E-state index contributed by atoms with van der Waals surface area (Å²) in [6.07, 6.45) is 7.53. The molecule has 1 spiro atoms. The number of para-hydroxylation sites is 6. The Labute approximate surface area is 447 Å². The van der Waals surface area contributed by atoms with E-state index < -0.39 is 5.41 Å². The van der Waals surface area contributed by atoms with E-state index in [-0.39, 0.29) is 11.8 Å². The lowest BCUT2D eigenvalue weighted by Gasteiger charge is -2.38. The normalized spacial score (nSPS) is 15.7. The lowest BCUT2D eigenvalue weighted by molar-refractivity contribution is 0.462. The SMILES string of the molecule is C1=CC2c3ccc(N(c4ccccc4)c4ccc5c(c4)c4ccccc4n5-c4ccccc4)cc3C3(c4ccccc4-c4ccccc43)C2C=C1N(c1ccccc1)c1ccc2c(c1)c1ccccc1n2-c1ccccc1. The Morgan fingerprint density at radius 3 is 1.31 bits per heavy atom. The largest absolute Gasteiger partial charge is 0.311 e. The molecule has 362 valence electrons. The molecule has 0 saturated carbocycles. The van der Waals surface area contributed by atoms with Crippen LogP contribution in [-0.2, 0) is 5.41 Å². The molecule has 2 aromatic heterocycles. The van der Waals surface area contributed by atoms with E-state index in [1.807, 2.05) is 0 Å². The highest BCUT2D eigenvalue weighted by molar-refractivity contribution is 6.12. The topological polar surface area (TPSA) is 16.3 Å². The molecule has 13 aromatic rings. The Hall–Kier alpha value is -9.90. The van der Waals surface area contributed by atoms with Crippen molar-refractivity contribution in [3.05, 3.63) is 319 Å². The molecule has 0 amide bonds. The van der Waals surface area contributed by atoms with Gasteiger partial charge in [-0.1, -0.05) is 176 Å². The van der Waals surface area contributed by atoms with Crippen LogP contribution in [0.5, 0.6) is 0 Å². The molecule has 3 aliphatic carbocycles. The van der Waals surface area contributed by atoms with Gasteiger partial charge in [0.2, 0.25) is 0 Å². The van der Waals surface area contributed by atoms with Crippen molar-refractivity contribution in [3.8, 4) is 22.5 Å². The van der Waals surface area contributed by atoms with E-state index in [9.17, 15) is 0 Å². The number of hydrogen-bond donors (Lipinski definition) is 0. The Bertz CT molecular complexity index is 4480. The second-order valence-corrected chi connectivity index (χ2v) is 20.8. The number of rotatable bonds is 8. The third kappa shape index (κ3) is 6.39. The quantitative estimate of drug-likeness (QED) is 0.151. The third-order valence-corrected chi connectivity index (χ3v) is 16.9. The van der Waals surface area contributed by atoms with Gasteiger partial charge in [0.1, 0.15) is 0 Å². The Balaban J connectivity index is 0.898. The smallest absolute Gasteiger partial charge is 0.0542 e. The fourth-order valence-electron chi connectivity index (χ4n) is 13.9. The number of allylic oxidation sites excluding steroid dienone is 3. The first kappa shape index (κ1) is 43.5. The van der Waals surface area contributed by atoms with Crippen molar-refractivity contribution >= 4 is 72.0 Å². The fourth-order valence-corrected chi connectivity index (χ4v) is 13.9. The van der Waals surface area contributed by atoms with Gasteiger partial charge < -0.3 is 18.9 Å². The molecule has 11 aromatic carbocycles. The first-order valence-corrected chi connectivity index (χ1v) is 26.8. The molecule has 0 bridgehead atoms. The van der Waals surface area contributed by atoms with E-state index >= 15 is 0 Å². The van der Waals surface area contributed by atoms with Crippen LogP contribution in [0.3, 0.4) is 0 Å². The summed E-state index contributed by atoms with van der Waals surface area (Å²) in [5, 5.41) is 4.91. The Kier molecular flexibility index (Phi) is 9.64. The average molecular weight is 983 g/mol. The van der Waals surface area contributed by atoms with Gasteiger partial charge in [-0.2, -0.15) is 0 Å². The summed E-state index contributed by atoms with van der Waals surface area (Å²) in [5.74, 6) is 0.176. The molecule has 2 unspecified atom stereocenters. The van der Waals surface area contributed by atoms with Crippen LogP contribution >= 0.6 is 0 Å². The predicted octanol–water partition coefficient (Wildman–Crippen LogP) is 18.7. The first-order chi connectivity index (χ1) is 38.2. The van der Waals surface area contributed by atoms with Crippen molar-refractivity contribution in [2.24, 2.45) is 5.92 Å². The van der Waals surface area contributed by atoms with Crippen molar-refractivity contribution in [2.75, 3.05) is 9.80 Å². The zero-order chi connectivity index (χ0) is 50.6. The van der Waals surface area contributed by atoms with Gasteiger partial charge in [-0.3, -0.25) is 0 Å². The molecule has 0 aliphatic heterocycles. The van der Waals surface area contributed by atoms with Gasteiger partial charge in [-0.15, -0.1) is 0 Å². The van der Waals surface area contributed by atoms with Crippen LogP contribution in [0.4, 0.5) is 28.4 Å². The van der Waals surface area contributed by atoms with Gasteiger partial charge in [0.05, 0.1) is 27.5 Å². The number of benzene rings is 11. The summed E-state index contributed by atoms with van der Waals surface area (Å²) < 4.78 is 4.80. The lowest BCUT2D eigenvalue weighted by Crippen LogP contribution is -2.34. The van der Waals surface area contributed by atoms with Crippen LogP contribution in [-0.4, -0.2) is 9.13 Å². The number of fused-ring (bicyclic) bond motifs is 16. The highest BCUT2D eigenvalue weighted by Gasteiger charge is 2.57. The van der Waals surface area contributed by atoms with Gasteiger partial charge in [-0.05, 0) is 149 Å². The van der Waals surface area contributed by atoms with Crippen molar-refractivity contribution in [2.45, 2.75) is 11.3 Å². The zero-order valence-corrected chi connectivity index (χ0v) is 42.2. The maximum absolute atomic E-state index is 2.62. The van der Waals surface area contributed by atoms with Gasteiger partial charge in [0.25, 0.3) is 0 Å². The molecular formula is C73H50N4. The number of nitrogens with zero attached hydrogens (tertiary/aromatic N) is 4. The molecule has 0 radical (unpaired) electrons. The second-order valence-electron chi connectivity index (χ2n) is 20.8. The van der Waals surface area contributed by atoms with Gasteiger partial charge in [0.15, 0.2) is 0 Å². The van der Waals surface area contributed by atoms with Crippen molar-refractivity contribution in [1.29, 1.82) is 0 Å². The van der Waals surface area contributed by atoms with Gasteiger partial charge in [0, 0.05) is 78.9 Å². The Morgan fingerprint density at radius 2 is 0.753 bits per heavy atom. The number of aromatic nitrogens is 2. The third-order valence-electron chi connectivity index (χ3n) is 16.9. The molecule has 0 N–H and O–H groups in total. The van der Waals surface area contributed by atoms with Crippen molar-refractivity contribution in [1.82, 2.24) is 9.13 Å². The molecule has 77 heavy (non-hydrogen) atoms. The lowest BCUT2D eigenvalue weighted by atomic mass is 9.65. The molecule has 4 nitrogen and oxygen atoms in total. The number of hydrogen-bond acceptors (Lipinski definition) is 2. The molecule has 2 heterocycles.